The first kappa shape index (κ1) is 15.9. The fourth-order valence-corrected chi connectivity index (χ4v) is 1.82. The number of rotatable bonds is 3. The van der Waals surface area contributed by atoms with E-state index >= 15 is 0 Å². The van der Waals surface area contributed by atoms with Gasteiger partial charge in [0.2, 0.25) is 0 Å². The largest absolute Gasteiger partial charge is 0.304 e. The summed E-state index contributed by atoms with van der Waals surface area (Å²) in [5, 5.41) is 0. The second-order valence-corrected chi connectivity index (χ2v) is 4.30. The maximum Gasteiger partial charge on any atom is 0.173 e. The summed E-state index contributed by atoms with van der Waals surface area (Å²) in [6.07, 6.45) is 7.20. The number of aryl methyl sites for hydroxylation is 1. The molecule has 0 fully saturated rings. The molecule has 106 valence electrons. The molecular weight excluding hydrogens is 251 g/mol. The van der Waals surface area contributed by atoms with Gasteiger partial charge in [0.1, 0.15) is 0 Å². The van der Waals surface area contributed by atoms with E-state index in [2.05, 4.69) is 18.1 Å². The van der Waals surface area contributed by atoms with Crippen molar-refractivity contribution in [2.24, 2.45) is 0 Å². The number of pyridine rings is 1. The first-order chi connectivity index (χ1) is 9.51. The molecule has 0 aromatic carbocycles. The number of hydrogen-bond acceptors (Lipinski definition) is 1. The maximum absolute atomic E-state index is 13.9. The average molecular weight is 272 g/mol. The van der Waals surface area contributed by atoms with Crippen molar-refractivity contribution in [1.82, 2.24) is 9.38 Å². The van der Waals surface area contributed by atoms with Crippen molar-refractivity contribution in [3.05, 3.63) is 66.4 Å². The quantitative estimate of drug-likeness (QED) is 0.722. The first-order valence-electron chi connectivity index (χ1n) is 6.66. The summed E-state index contributed by atoms with van der Waals surface area (Å²) in [6, 6.07) is 1.49. The standard InChI is InChI=1S/C15H15FN2.C2H6/c1-5-10(2)6-11(3)13-7-14(16)15-17-12(4)8-18(15)9-13;1-2/h5-9H,1-2H2,3-4H3;1-2H3/b11-6+;. The van der Waals surface area contributed by atoms with Crippen LogP contribution < -0.4 is 0 Å². The summed E-state index contributed by atoms with van der Waals surface area (Å²) in [6.45, 7) is 15.2. The lowest BCUT2D eigenvalue weighted by molar-refractivity contribution is 0.629. The number of imidazole rings is 1. The number of hydrogen-bond donors (Lipinski definition) is 0. The maximum atomic E-state index is 13.9. The third kappa shape index (κ3) is 3.44. The zero-order valence-electron chi connectivity index (χ0n) is 12.6. The van der Waals surface area contributed by atoms with Gasteiger partial charge in [0.05, 0.1) is 5.69 Å². The molecule has 2 nitrogen and oxygen atoms in total. The van der Waals surface area contributed by atoms with Crippen LogP contribution in [-0.2, 0) is 0 Å². The summed E-state index contributed by atoms with van der Waals surface area (Å²) in [4.78, 5) is 4.13. The predicted molar refractivity (Wildman–Crippen MR) is 84.2 cm³/mol. The molecule has 0 aliphatic carbocycles. The lowest BCUT2D eigenvalue weighted by atomic mass is 10.1. The molecule has 0 bridgehead atoms. The van der Waals surface area contributed by atoms with Gasteiger partial charge in [-0.25, -0.2) is 9.37 Å². The molecule has 0 saturated carbocycles. The molecule has 0 unspecified atom stereocenters. The van der Waals surface area contributed by atoms with Crippen LogP contribution in [-0.4, -0.2) is 9.38 Å². The van der Waals surface area contributed by atoms with E-state index in [9.17, 15) is 4.39 Å². The van der Waals surface area contributed by atoms with Crippen molar-refractivity contribution in [2.75, 3.05) is 0 Å². The molecule has 0 atom stereocenters. The highest BCUT2D eigenvalue weighted by Gasteiger charge is 2.07. The van der Waals surface area contributed by atoms with Crippen LogP contribution >= 0.6 is 0 Å². The van der Waals surface area contributed by atoms with Gasteiger partial charge in [0, 0.05) is 12.4 Å². The molecule has 0 aliphatic heterocycles. The van der Waals surface area contributed by atoms with Crippen LogP contribution in [0.15, 0.2) is 49.3 Å². The highest BCUT2D eigenvalue weighted by atomic mass is 19.1. The Labute approximate surface area is 120 Å². The minimum absolute atomic E-state index is 0.322. The number of halogens is 1. The first-order valence-corrected chi connectivity index (χ1v) is 6.66. The second kappa shape index (κ2) is 6.85. The molecule has 0 radical (unpaired) electrons. The van der Waals surface area contributed by atoms with E-state index in [1.807, 2.05) is 40.0 Å². The Balaban J connectivity index is 0.000000956. The SMILES string of the molecule is C=CC(=C)/C=C(\C)c1cc(F)c2nc(C)cn2c1.CC. The average Bonchev–Trinajstić information content (AvgIpc) is 2.81. The van der Waals surface area contributed by atoms with Crippen molar-refractivity contribution in [1.29, 1.82) is 0 Å². The van der Waals surface area contributed by atoms with E-state index in [1.54, 1.807) is 16.7 Å². The van der Waals surface area contributed by atoms with Crippen LogP contribution in [0.5, 0.6) is 0 Å². The Kier molecular flexibility index (Phi) is 5.44. The van der Waals surface area contributed by atoms with Crippen LogP contribution in [0.1, 0.15) is 32.0 Å². The molecule has 0 aliphatic rings. The Hall–Kier alpha value is -2.16. The van der Waals surface area contributed by atoms with Gasteiger partial charge >= 0.3 is 0 Å². The monoisotopic (exact) mass is 272 g/mol. The smallest absolute Gasteiger partial charge is 0.173 e. The molecule has 2 aromatic rings. The van der Waals surface area contributed by atoms with Gasteiger partial charge in [0.25, 0.3) is 0 Å². The van der Waals surface area contributed by atoms with Crippen molar-refractivity contribution in [3.8, 4) is 0 Å². The van der Waals surface area contributed by atoms with Gasteiger partial charge in [-0.05, 0) is 36.6 Å². The Morgan fingerprint density at radius 1 is 1.35 bits per heavy atom. The van der Waals surface area contributed by atoms with E-state index in [1.165, 1.54) is 6.07 Å². The number of aromatic nitrogens is 2. The zero-order valence-corrected chi connectivity index (χ0v) is 12.6. The molecule has 0 amide bonds. The van der Waals surface area contributed by atoms with Gasteiger partial charge in [0.15, 0.2) is 11.5 Å². The van der Waals surface area contributed by atoms with Crippen molar-refractivity contribution in [3.63, 3.8) is 0 Å². The molecule has 2 rings (SSSR count). The molecule has 2 aromatic heterocycles. The molecule has 20 heavy (non-hydrogen) atoms. The van der Waals surface area contributed by atoms with Gasteiger partial charge in [-0.2, -0.15) is 0 Å². The van der Waals surface area contributed by atoms with Gasteiger partial charge < -0.3 is 4.40 Å². The Bertz CT molecular complexity index is 663. The topological polar surface area (TPSA) is 17.3 Å². The summed E-state index contributed by atoms with van der Waals surface area (Å²) < 4.78 is 15.6. The van der Waals surface area contributed by atoms with Gasteiger partial charge in [-0.3, -0.25) is 0 Å². The van der Waals surface area contributed by atoms with E-state index in [0.717, 1.165) is 22.4 Å². The number of allylic oxidation sites excluding steroid dienone is 4. The molecule has 0 N–H and O–H groups in total. The highest BCUT2D eigenvalue weighted by molar-refractivity contribution is 5.68. The fraction of sp³-hybridized carbons (Fsp3) is 0.235. The van der Waals surface area contributed by atoms with E-state index < -0.39 is 0 Å². The minimum atomic E-state index is -0.322. The fourth-order valence-electron chi connectivity index (χ4n) is 1.82. The van der Waals surface area contributed by atoms with Gasteiger partial charge in [-0.15, -0.1) is 0 Å². The molecular formula is C17H21FN2. The van der Waals surface area contributed by atoms with Crippen LogP contribution in [0.3, 0.4) is 0 Å². The van der Waals surface area contributed by atoms with E-state index in [0.29, 0.717) is 5.65 Å². The van der Waals surface area contributed by atoms with Crippen LogP contribution in [0, 0.1) is 12.7 Å². The van der Waals surface area contributed by atoms with E-state index in [4.69, 9.17) is 0 Å². The van der Waals surface area contributed by atoms with Crippen molar-refractivity contribution >= 4 is 11.2 Å². The van der Waals surface area contributed by atoms with E-state index in [-0.39, 0.29) is 5.82 Å². The third-order valence-electron chi connectivity index (χ3n) is 2.75. The Morgan fingerprint density at radius 2 is 2.00 bits per heavy atom. The lowest BCUT2D eigenvalue weighted by Gasteiger charge is -2.04. The van der Waals surface area contributed by atoms with Crippen LogP contribution in [0.25, 0.3) is 11.2 Å². The van der Waals surface area contributed by atoms with Crippen molar-refractivity contribution in [2.45, 2.75) is 27.7 Å². The van der Waals surface area contributed by atoms with Crippen molar-refractivity contribution < 1.29 is 4.39 Å². The summed E-state index contributed by atoms with van der Waals surface area (Å²) in [5.74, 6) is -0.322. The summed E-state index contributed by atoms with van der Waals surface area (Å²) in [7, 11) is 0. The summed E-state index contributed by atoms with van der Waals surface area (Å²) >= 11 is 0. The highest BCUT2D eigenvalue weighted by Crippen LogP contribution is 2.19. The zero-order chi connectivity index (χ0) is 15.3. The lowest BCUT2D eigenvalue weighted by Crippen LogP contribution is -1.92. The minimum Gasteiger partial charge on any atom is -0.304 e. The van der Waals surface area contributed by atoms with Gasteiger partial charge in [-0.1, -0.05) is 39.2 Å². The number of fused-ring (bicyclic) bond motifs is 1. The number of nitrogens with zero attached hydrogens (tertiary/aromatic N) is 2. The second-order valence-electron chi connectivity index (χ2n) is 4.30. The third-order valence-corrected chi connectivity index (χ3v) is 2.75. The predicted octanol–water partition coefficient (Wildman–Crippen LogP) is 4.95. The Morgan fingerprint density at radius 3 is 2.60 bits per heavy atom. The molecule has 2 heterocycles. The summed E-state index contributed by atoms with van der Waals surface area (Å²) in [5.41, 5.74) is 3.69. The molecule has 3 heteroatoms. The molecule has 0 spiro atoms. The van der Waals surface area contributed by atoms with Crippen LogP contribution in [0.2, 0.25) is 0 Å². The normalized spacial score (nSPS) is 10.9. The van der Waals surface area contributed by atoms with Crippen LogP contribution in [0.4, 0.5) is 4.39 Å². The molecule has 0 saturated heterocycles.